The Morgan fingerprint density at radius 3 is 1.11 bits per heavy atom. The van der Waals surface area contributed by atoms with Crippen molar-refractivity contribution in [2.45, 2.75) is 117 Å². The summed E-state index contributed by atoms with van der Waals surface area (Å²) in [6, 6.07) is 3.66. The molecule has 0 aliphatic heterocycles. The molecule has 0 atom stereocenters. The molecule has 0 aliphatic rings. The van der Waals surface area contributed by atoms with E-state index in [0.29, 0.717) is 19.8 Å². The van der Waals surface area contributed by atoms with E-state index in [9.17, 15) is 0 Å². The third-order valence-corrected chi connectivity index (χ3v) is 15.0. The predicted octanol–water partition coefficient (Wildman–Crippen LogP) is 7.44. The Balaban J connectivity index is 5.66. The van der Waals surface area contributed by atoms with Gasteiger partial charge in [0.1, 0.15) is 0 Å². The number of hydrogen-bond acceptors (Lipinski definition) is 4. The zero-order valence-corrected chi connectivity index (χ0v) is 21.8. The predicted molar refractivity (Wildman–Crippen MR) is 115 cm³/mol. The average Bonchev–Trinajstić information content (AvgIpc) is 2.70. The summed E-state index contributed by atoms with van der Waals surface area (Å²) in [5.74, 6) is 0. The van der Waals surface area contributed by atoms with Gasteiger partial charge in [-0.25, -0.2) is 0 Å². The summed E-state index contributed by atoms with van der Waals surface area (Å²) < 4.78 is 26.1. The summed E-state index contributed by atoms with van der Waals surface area (Å²) in [7, 11) is -1.94. The van der Waals surface area contributed by atoms with Crippen molar-refractivity contribution in [3.63, 3.8) is 0 Å². The first-order valence-corrected chi connectivity index (χ1v) is 16.8. The third kappa shape index (κ3) is 12.1. The van der Waals surface area contributed by atoms with Gasteiger partial charge < -0.3 is 0 Å². The van der Waals surface area contributed by atoms with Crippen molar-refractivity contribution in [1.82, 2.24) is 0 Å². The molecule has 0 aromatic rings. The van der Waals surface area contributed by atoms with Crippen molar-refractivity contribution in [2.24, 2.45) is 0 Å². The monoisotopic (exact) mass is 440 g/mol. The Morgan fingerprint density at radius 2 is 0.852 bits per heavy atom. The van der Waals surface area contributed by atoms with Crippen LogP contribution in [0, 0.1) is 0 Å². The Kier molecular flexibility index (Phi) is 18.1. The minimum absolute atomic E-state index is 0.674. The third-order valence-electron chi connectivity index (χ3n) is 4.75. The molecule has 0 radical (unpaired) electrons. The Bertz CT molecular complexity index is 258. The second kappa shape index (κ2) is 17.6. The topological polar surface area (TPSA) is 36.9 Å². The van der Waals surface area contributed by atoms with Crippen LogP contribution in [0.3, 0.4) is 0 Å². The van der Waals surface area contributed by atoms with Crippen molar-refractivity contribution in [3.05, 3.63) is 0 Å². The molecule has 0 aliphatic carbocycles. The van der Waals surface area contributed by atoms with E-state index >= 15 is 0 Å². The second-order valence-electron chi connectivity index (χ2n) is 7.64. The van der Waals surface area contributed by atoms with Crippen molar-refractivity contribution >= 4 is 8.32 Å². The maximum atomic E-state index is 7.10. The summed E-state index contributed by atoms with van der Waals surface area (Å²) in [5, 5.41) is 0. The summed E-state index contributed by atoms with van der Waals surface area (Å²) >= 11 is -3.71. The molecule has 6 heteroatoms. The van der Waals surface area contributed by atoms with Crippen LogP contribution in [0.2, 0.25) is 18.1 Å². The Labute approximate surface area is 176 Å². The van der Waals surface area contributed by atoms with Gasteiger partial charge in [-0.05, 0) is 0 Å². The van der Waals surface area contributed by atoms with Gasteiger partial charge in [0.05, 0.1) is 0 Å². The molecule has 0 spiro atoms. The van der Waals surface area contributed by atoms with E-state index in [2.05, 4.69) is 41.5 Å². The van der Waals surface area contributed by atoms with Gasteiger partial charge in [0.15, 0.2) is 0 Å². The first-order valence-electron chi connectivity index (χ1n) is 11.7. The van der Waals surface area contributed by atoms with Crippen molar-refractivity contribution in [3.8, 4) is 0 Å². The van der Waals surface area contributed by atoms with Crippen LogP contribution in [0.25, 0.3) is 0 Å². The Hall–Kier alpha value is 0.771. The SMILES string of the molecule is CCCC[Si](CCCC)(CCCC)[O][Ti]([O]CCC)([O]CCC)[O]CCC. The molecule has 0 rings (SSSR count). The van der Waals surface area contributed by atoms with Crippen molar-refractivity contribution < 1.29 is 31.1 Å². The van der Waals surface area contributed by atoms with Gasteiger partial charge in [0, 0.05) is 0 Å². The van der Waals surface area contributed by atoms with Gasteiger partial charge in [0.25, 0.3) is 0 Å². The molecule has 0 amide bonds. The fourth-order valence-corrected chi connectivity index (χ4v) is 15.2. The first kappa shape index (κ1) is 27.8. The maximum absolute atomic E-state index is 7.10. The molecular formula is C21H48O4SiTi. The van der Waals surface area contributed by atoms with E-state index in [4.69, 9.17) is 13.0 Å². The van der Waals surface area contributed by atoms with Crippen LogP contribution >= 0.6 is 0 Å². The minimum atomic E-state index is -3.71. The van der Waals surface area contributed by atoms with E-state index in [-0.39, 0.29) is 0 Å². The van der Waals surface area contributed by atoms with Gasteiger partial charge in [-0.3, -0.25) is 0 Å². The van der Waals surface area contributed by atoms with Crippen LogP contribution in [-0.4, -0.2) is 28.1 Å². The van der Waals surface area contributed by atoms with Crippen LogP contribution < -0.4 is 0 Å². The van der Waals surface area contributed by atoms with Gasteiger partial charge in [-0.2, -0.15) is 0 Å². The fourth-order valence-electron chi connectivity index (χ4n) is 3.18. The molecule has 0 saturated heterocycles. The molecule has 0 saturated carbocycles. The molecule has 0 aromatic carbocycles. The van der Waals surface area contributed by atoms with Crippen molar-refractivity contribution in [2.75, 3.05) is 19.8 Å². The normalized spacial score (nSPS) is 12.7. The summed E-state index contributed by atoms with van der Waals surface area (Å²) in [6.45, 7) is 15.3. The molecule has 164 valence electrons. The molecule has 27 heavy (non-hydrogen) atoms. The number of unbranched alkanes of at least 4 members (excludes halogenated alkanes) is 3. The summed E-state index contributed by atoms with van der Waals surface area (Å²) in [4.78, 5) is 0. The van der Waals surface area contributed by atoms with E-state index in [1.165, 1.54) is 56.7 Å². The molecule has 0 N–H and O–H groups in total. The van der Waals surface area contributed by atoms with Gasteiger partial charge in [-0.1, -0.05) is 0 Å². The fraction of sp³-hybridized carbons (Fsp3) is 1.00. The molecule has 0 fully saturated rings. The van der Waals surface area contributed by atoms with E-state index in [0.717, 1.165) is 19.3 Å². The van der Waals surface area contributed by atoms with Gasteiger partial charge in [-0.15, -0.1) is 0 Å². The summed E-state index contributed by atoms with van der Waals surface area (Å²) in [5.41, 5.74) is 0. The van der Waals surface area contributed by atoms with Crippen LogP contribution in [0.1, 0.15) is 99.3 Å². The quantitative estimate of drug-likeness (QED) is 0.184. The zero-order chi connectivity index (χ0) is 20.4. The zero-order valence-electron chi connectivity index (χ0n) is 19.2. The second-order valence-corrected chi connectivity index (χ2v) is 15.6. The average molecular weight is 441 g/mol. The number of hydrogen-bond donors (Lipinski definition) is 0. The van der Waals surface area contributed by atoms with Crippen LogP contribution in [0.15, 0.2) is 0 Å². The molecule has 0 unspecified atom stereocenters. The number of rotatable bonds is 20. The van der Waals surface area contributed by atoms with Crippen LogP contribution in [-0.2, 0) is 31.1 Å². The molecule has 0 aromatic heterocycles. The molecule has 0 bridgehead atoms. The molecule has 0 heterocycles. The van der Waals surface area contributed by atoms with E-state index < -0.39 is 26.5 Å². The van der Waals surface area contributed by atoms with Crippen LogP contribution in [0.5, 0.6) is 0 Å². The summed E-state index contributed by atoms with van der Waals surface area (Å²) in [6.07, 6.45) is 10.3. The standard InChI is InChI=1S/C12H27OSi.3C3H7O.Ti/c1-4-7-10-14(13,11-8-5-2)12-9-6-3;3*1-2-3-4;/h4-12H2,1-3H3;3*2-3H2,1H3;/q4*-1;+4. The Morgan fingerprint density at radius 1 is 0.519 bits per heavy atom. The van der Waals surface area contributed by atoms with E-state index in [1.807, 2.05) is 0 Å². The molecular weight excluding hydrogens is 392 g/mol. The van der Waals surface area contributed by atoms with Crippen LogP contribution in [0.4, 0.5) is 0 Å². The van der Waals surface area contributed by atoms with Gasteiger partial charge >= 0.3 is 177 Å². The van der Waals surface area contributed by atoms with Gasteiger partial charge in [0.2, 0.25) is 0 Å². The molecule has 4 nitrogen and oxygen atoms in total. The van der Waals surface area contributed by atoms with Crippen molar-refractivity contribution in [1.29, 1.82) is 0 Å². The first-order chi connectivity index (χ1) is 13.1. The van der Waals surface area contributed by atoms with E-state index in [1.54, 1.807) is 0 Å².